The van der Waals surface area contributed by atoms with E-state index in [-0.39, 0.29) is 0 Å². The molecule has 0 saturated heterocycles. The van der Waals surface area contributed by atoms with Crippen LogP contribution >= 0.6 is 0 Å². The molecule has 2 heteroatoms. The molecule has 0 heterocycles. The van der Waals surface area contributed by atoms with E-state index in [4.69, 9.17) is 0 Å². The van der Waals surface area contributed by atoms with Gasteiger partial charge in [-0.1, -0.05) is 96.1 Å². The monoisotopic (exact) mass is 366 g/mol. The Morgan fingerprint density at radius 1 is 0.536 bits per heavy atom. The molecule has 0 radical (unpaired) electrons. The first kappa shape index (κ1) is 17.2. The number of aliphatic hydroxyl groups is 2. The quantitative estimate of drug-likeness (QED) is 0.527. The fourth-order valence-corrected chi connectivity index (χ4v) is 4.65. The molecule has 4 aromatic carbocycles. The summed E-state index contributed by atoms with van der Waals surface area (Å²) in [5.74, 6) is 0. The van der Waals surface area contributed by atoms with Crippen molar-refractivity contribution < 1.29 is 10.2 Å². The maximum atomic E-state index is 12.3. The van der Waals surface area contributed by atoms with Crippen LogP contribution in [0.15, 0.2) is 84.9 Å². The Hall–Kier alpha value is -2.94. The average molecular weight is 366 g/mol. The van der Waals surface area contributed by atoms with E-state index < -0.39 is 11.2 Å². The third kappa shape index (κ3) is 2.05. The molecule has 0 spiro atoms. The van der Waals surface area contributed by atoms with E-state index in [1.807, 2.05) is 98.8 Å². The lowest BCUT2D eigenvalue weighted by atomic mass is 9.71. The van der Waals surface area contributed by atoms with Gasteiger partial charge in [0, 0.05) is 0 Å². The van der Waals surface area contributed by atoms with Crippen molar-refractivity contribution in [1.82, 2.24) is 0 Å². The summed E-state index contributed by atoms with van der Waals surface area (Å²) < 4.78 is 0. The molecule has 0 amide bonds. The van der Waals surface area contributed by atoms with Gasteiger partial charge in [0.1, 0.15) is 0 Å². The molecule has 5 rings (SSSR count). The fourth-order valence-electron chi connectivity index (χ4n) is 4.65. The highest BCUT2D eigenvalue weighted by molar-refractivity contribution is 5.95. The molecule has 4 aromatic rings. The fraction of sp³-hybridized carbons (Fsp3) is 0.154. The average Bonchev–Trinajstić information content (AvgIpc) is 2.92. The van der Waals surface area contributed by atoms with Gasteiger partial charge in [-0.15, -0.1) is 0 Å². The Labute approximate surface area is 164 Å². The van der Waals surface area contributed by atoms with Gasteiger partial charge in [-0.3, -0.25) is 0 Å². The van der Waals surface area contributed by atoms with Crippen molar-refractivity contribution in [3.05, 3.63) is 118 Å². The summed E-state index contributed by atoms with van der Waals surface area (Å²) in [6.45, 7) is 4.04. The van der Waals surface area contributed by atoms with Crippen LogP contribution in [-0.4, -0.2) is 10.2 Å². The zero-order valence-electron chi connectivity index (χ0n) is 16.0. The van der Waals surface area contributed by atoms with Gasteiger partial charge in [0.15, 0.2) is 11.2 Å². The number of hydrogen-bond donors (Lipinski definition) is 2. The minimum atomic E-state index is -1.58. The number of hydrogen-bond acceptors (Lipinski definition) is 2. The van der Waals surface area contributed by atoms with Crippen LogP contribution in [0.4, 0.5) is 0 Å². The molecule has 2 atom stereocenters. The molecule has 0 fully saturated rings. The highest BCUT2D eigenvalue weighted by atomic mass is 16.4. The molecule has 0 aromatic heterocycles. The number of benzene rings is 4. The number of aryl methyl sites for hydroxylation is 2. The zero-order valence-corrected chi connectivity index (χ0v) is 16.0. The Bertz CT molecular complexity index is 1100. The van der Waals surface area contributed by atoms with Gasteiger partial charge in [-0.05, 0) is 46.9 Å². The second-order valence-corrected chi connectivity index (χ2v) is 7.86. The molecule has 0 aliphatic heterocycles. The summed E-state index contributed by atoms with van der Waals surface area (Å²) in [4.78, 5) is 0. The van der Waals surface area contributed by atoms with E-state index >= 15 is 0 Å². The smallest absolute Gasteiger partial charge is 0.152 e. The van der Waals surface area contributed by atoms with Gasteiger partial charge in [0.2, 0.25) is 0 Å². The van der Waals surface area contributed by atoms with Crippen LogP contribution in [0.5, 0.6) is 0 Å². The summed E-state index contributed by atoms with van der Waals surface area (Å²) in [7, 11) is 0. The Balaban J connectivity index is 1.91. The Kier molecular flexibility index (Phi) is 3.54. The summed E-state index contributed by atoms with van der Waals surface area (Å²) in [6.07, 6.45) is 0. The first-order valence-corrected chi connectivity index (χ1v) is 9.58. The molecule has 28 heavy (non-hydrogen) atoms. The summed E-state index contributed by atoms with van der Waals surface area (Å²) in [5, 5.41) is 26.5. The van der Waals surface area contributed by atoms with Crippen LogP contribution < -0.4 is 0 Å². The van der Waals surface area contributed by atoms with E-state index in [0.29, 0.717) is 11.1 Å². The third-order valence-electron chi connectivity index (χ3n) is 6.15. The summed E-state index contributed by atoms with van der Waals surface area (Å²) in [5.41, 5.74) is 1.91. The first-order chi connectivity index (χ1) is 13.5. The predicted octanol–water partition coefficient (Wildman–Crippen LogP) is 4.94. The molecule has 0 unspecified atom stereocenters. The van der Waals surface area contributed by atoms with Crippen LogP contribution in [0.1, 0.15) is 33.4 Å². The summed E-state index contributed by atoms with van der Waals surface area (Å²) >= 11 is 0. The normalized spacial score (nSPS) is 23.3. The van der Waals surface area contributed by atoms with Gasteiger partial charge in [0.05, 0.1) is 0 Å². The van der Waals surface area contributed by atoms with Crippen molar-refractivity contribution in [2.24, 2.45) is 0 Å². The summed E-state index contributed by atoms with van der Waals surface area (Å²) in [6, 6.07) is 27.4. The molecule has 0 bridgehead atoms. The molecular formula is C26H22O2. The predicted molar refractivity (Wildman–Crippen MR) is 112 cm³/mol. The maximum Gasteiger partial charge on any atom is 0.152 e. The minimum Gasteiger partial charge on any atom is -0.377 e. The SMILES string of the molecule is Cc1ccc([C@@]2(O)c3cccc4cccc(c34)[C@]2(O)c2ccc(C)cc2)cc1. The highest BCUT2D eigenvalue weighted by Gasteiger charge is 2.59. The standard InChI is InChI=1S/C26H22O2/c1-17-9-13-20(14-10-17)25(27)22-7-3-5-19-6-4-8-23(24(19)22)26(25,28)21-15-11-18(2)12-16-21/h3-16,27-28H,1-2H3/t25-,26-/m1/s1. The van der Waals surface area contributed by atoms with Gasteiger partial charge >= 0.3 is 0 Å². The molecule has 2 N–H and O–H groups in total. The molecule has 2 nitrogen and oxygen atoms in total. The van der Waals surface area contributed by atoms with Crippen LogP contribution in [0.2, 0.25) is 0 Å². The molecule has 0 saturated carbocycles. The van der Waals surface area contributed by atoms with Crippen molar-refractivity contribution >= 4 is 10.8 Å². The van der Waals surface area contributed by atoms with E-state index in [1.165, 1.54) is 0 Å². The lowest BCUT2D eigenvalue weighted by molar-refractivity contribution is -0.105. The van der Waals surface area contributed by atoms with Crippen molar-refractivity contribution in [2.75, 3.05) is 0 Å². The second-order valence-electron chi connectivity index (χ2n) is 7.86. The molecule has 138 valence electrons. The molecule has 1 aliphatic rings. The Morgan fingerprint density at radius 3 is 1.32 bits per heavy atom. The topological polar surface area (TPSA) is 40.5 Å². The van der Waals surface area contributed by atoms with Gasteiger partial charge < -0.3 is 10.2 Å². The molecule has 1 aliphatic carbocycles. The largest absolute Gasteiger partial charge is 0.377 e. The lowest BCUT2D eigenvalue weighted by Crippen LogP contribution is -2.47. The van der Waals surface area contributed by atoms with E-state index in [2.05, 4.69) is 0 Å². The van der Waals surface area contributed by atoms with Gasteiger partial charge in [0.25, 0.3) is 0 Å². The van der Waals surface area contributed by atoms with Crippen molar-refractivity contribution in [3.63, 3.8) is 0 Å². The van der Waals surface area contributed by atoms with Crippen LogP contribution in [0, 0.1) is 13.8 Å². The minimum absolute atomic E-state index is 0.685. The van der Waals surface area contributed by atoms with E-state index in [0.717, 1.165) is 33.0 Å². The van der Waals surface area contributed by atoms with Gasteiger partial charge in [-0.25, -0.2) is 0 Å². The van der Waals surface area contributed by atoms with Gasteiger partial charge in [-0.2, -0.15) is 0 Å². The van der Waals surface area contributed by atoms with Crippen LogP contribution in [-0.2, 0) is 11.2 Å². The Morgan fingerprint density at radius 2 is 0.929 bits per heavy atom. The van der Waals surface area contributed by atoms with E-state index in [9.17, 15) is 10.2 Å². The van der Waals surface area contributed by atoms with Crippen molar-refractivity contribution in [1.29, 1.82) is 0 Å². The maximum absolute atomic E-state index is 12.3. The van der Waals surface area contributed by atoms with Crippen LogP contribution in [0.3, 0.4) is 0 Å². The van der Waals surface area contributed by atoms with Crippen LogP contribution in [0.25, 0.3) is 10.8 Å². The lowest BCUT2D eigenvalue weighted by Gasteiger charge is -2.40. The van der Waals surface area contributed by atoms with Crippen molar-refractivity contribution in [3.8, 4) is 0 Å². The number of rotatable bonds is 2. The van der Waals surface area contributed by atoms with Crippen molar-refractivity contribution in [2.45, 2.75) is 25.0 Å². The first-order valence-electron chi connectivity index (χ1n) is 9.58. The third-order valence-corrected chi connectivity index (χ3v) is 6.15. The zero-order chi connectivity index (χ0) is 19.5. The van der Waals surface area contributed by atoms with E-state index in [1.54, 1.807) is 0 Å². The molecular weight excluding hydrogens is 344 g/mol. The highest BCUT2D eigenvalue weighted by Crippen LogP contribution is 2.57. The second kappa shape index (κ2) is 5.78.